The number of piperazine rings is 1. The largest absolute Gasteiger partial charge is 0.367 e. The first kappa shape index (κ1) is 17.5. The topological polar surface area (TPSA) is 54.3 Å². The van der Waals surface area contributed by atoms with Gasteiger partial charge in [-0.25, -0.2) is 0 Å². The number of aryl methyl sites for hydroxylation is 1. The highest BCUT2D eigenvalue weighted by atomic mass is 16.2. The van der Waals surface area contributed by atoms with Gasteiger partial charge in [-0.2, -0.15) is 5.10 Å². The van der Waals surface area contributed by atoms with Crippen LogP contribution in [0, 0.1) is 5.92 Å². The van der Waals surface area contributed by atoms with Gasteiger partial charge in [-0.3, -0.25) is 14.5 Å². The predicted molar refractivity (Wildman–Crippen MR) is 110 cm³/mol. The molecule has 0 unspecified atom stereocenters. The number of rotatable bonds is 3. The maximum Gasteiger partial charge on any atom is 0.225 e. The molecular formula is C22H27N5O. The number of anilines is 1. The van der Waals surface area contributed by atoms with Gasteiger partial charge in [0.15, 0.2) is 0 Å². The molecule has 1 saturated heterocycles. The number of hydrogen-bond donors (Lipinski definition) is 0. The molecule has 0 aromatic carbocycles. The molecule has 2 aromatic rings. The Kier molecular flexibility index (Phi) is 4.41. The summed E-state index contributed by atoms with van der Waals surface area (Å²) >= 11 is 0. The number of nitrogens with zero attached hydrogens (tertiary/aromatic N) is 5. The average Bonchev–Trinajstić information content (AvgIpc) is 3.47. The van der Waals surface area contributed by atoms with E-state index in [2.05, 4.69) is 38.2 Å². The number of allylic oxidation sites excluding steroid dienone is 1. The minimum Gasteiger partial charge on any atom is -0.367 e. The van der Waals surface area contributed by atoms with Gasteiger partial charge in [-0.15, -0.1) is 0 Å². The SMILES string of the molecule is Cn1cc(C2=Cc3c(N4CCN(C(=O)C5CCCC5)CC4)ccnc3C2)cn1. The fourth-order valence-corrected chi connectivity index (χ4v) is 4.86. The minimum atomic E-state index is 0.279. The van der Waals surface area contributed by atoms with Crippen LogP contribution in [0.15, 0.2) is 24.7 Å². The highest BCUT2D eigenvalue weighted by Crippen LogP contribution is 2.36. The van der Waals surface area contributed by atoms with Gasteiger partial charge in [-0.1, -0.05) is 12.8 Å². The van der Waals surface area contributed by atoms with Crippen molar-refractivity contribution in [2.75, 3.05) is 31.1 Å². The third-order valence-corrected chi connectivity index (χ3v) is 6.44. The van der Waals surface area contributed by atoms with E-state index in [4.69, 9.17) is 0 Å². The lowest BCUT2D eigenvalue weighted by Gasteiger charge is -2.37. The molecule has 5 rings (SSSR count). The quantitative estimate of drug-likeness (QED) is 0.825. The molecule has 1 amide bonds. The van der Waals surface area contributed by atoms with E-state index < -0.39 is 0 Å². The first-order chi connectivity index (χ1) is 13.7. The molecule has 1 aliphatic heterocycles. The van der Waals surface area contributed by atoms with Crippen molar-refractivity contribution in [3.8, 4) is 0 Å². The van der Waals surface area contributed by atoms with Gasteiger partial charge in [0.05, 0.1) is 11.9 Å². The van der Waals surface area contributed by atoms with E-state index in [9.17, 15) is 4.79 Å². The average molecular weight is 377 g/mol. The number of amides is 1. The molecule has 0 radical (unpaired) electrons. The van der Waals surface area contributed by atoms with Gasteiger partial charge in [0, 0.05) is 74.8 Å². The van der Waals surface area contributed by atoms with E-state index in [-0.39, 0.29) is 5.92 Å². The first-order valence-corrected chi connectivity index (χ1v) is 10.4. The number of pyridine rings is 1. The zero-order valence-electron chi connectivity index (χ0n) is 16.5. The summed E-state index contributed by atoms with van der Waals surface area (Å²) in [6.45, 7) is 3.44. The molecular weight excluding hydrogens is 350 g/mol. The Bertz CT molecular complexity index is 917. The number of hydrogen-bond acceptors (Lipinski definition) is 4. The third kappa shape index (κ3) is 3.11. The van der Waals surface area contributed by atoms with Crippen molar-refractivity contribution in [2.24, 2.45) is 13.0 Å². The summed E-state index contributed by atoms with van der Waals surface area (Å²) in [5, 5.41) is 4.30. The molecule has 2 fully saturated rings. The minimum absolute atomic E-state index is 0.279. The highest BCUT2D eigenvalue weighted by molar-refractivity contribution is 5.91. The molecule has 3 aliphatic rings. The number of carbonyl (C=O) groups excluding carboxylic acids is 1. The van der Waals surface area contributed by atoms with E-state index in [1.807, 2.05) is 24.1 Å². The molecule has 2 aliphatic carbocycles. The summed E-state index contributed by atoms with van der Waals surface area (Å²) in [6.07, 6.45) is 13.6. The van der Waals surface area contributed by atoms with Gasteiger partial charge in [0.2, 0.25) is 5.91 Å². The van der Waals surface area contributed by atoms with Crippen LogP contribution >= 0.6 is 0 Å². The van der Waals surface area contributed by atoms with Crippen molar-refractivity contribution in [2.45, 2.75) is 32.1 Å². The summed E-state index contributed by atoms with van der Waals surface area (Å²) < 4.78 is 1.84. The van der Waals surface area contributed by atoms with Crippen LogP contribution in [-0.4, -0.2) is 51.8 Å². The van der Waals surface area contributed by atoms with E-state index in [0.717, 1.165) is 51.1 Å². The van der Waals surface area contributed by atoms with Crippen LogP contribution in [0.4, 0.5) is 5.69 Å². The maximum atomic E-state index is 12.7. The zero-order valence-corrected chi connectivity index (χ0v) is 16.5. The van der Waals surface area contributed by atoms with Gasteiger partial charge < -0.3 is 9.80 Å². The maximum absolute atomic E-state index is 12.7. The Hall–Kier alpha value is -2.63. The molecule has 0 bridgehead atoms. The fraction of sp³-hybridized carbons (Fsp3) is 0.500. The smallest absolute Gasteiger partial charge is 0.225 e. The second kappa shape index (κ2) is 7.08. The van der Waals surface area contributed by atoms with Crippen LogP contribution in [-0.2, 0) is 18.3 Å². The summed E-state index contributed by atoms with van der Waals surface area (Å²) in [5.74, 6) is 0.664. The van der Waals surface area contributed by atoms with Crippen molar-refractivity contribution in [3.05, 3.63) is 41.5 Å². The lowest BCUT2D eigenvalue weighted by atomic mass is 10.1. The Morgan fingerprint density at radius 3 is 2.64 bits per heavy atom. The molecule has 1 saturated carbocycles. The molecule has 0 spiro atoms. The fourth-order valence-electron chi connectivity index (χ4n) is 4.86. The molecule has 6 nitrogen and oxygen atoms in total. The van der Waals surface area contributed by atoms with Crippen LogP contribution in [0.5, 0.6) is 0 Å². The highest BCUT2D eigenvalue weighted by Gasteiger charge is 2.30. The van der Waals surface area contributed by atoms with E-state index in [1.54, 1.807) is 0 Å². The van der Waals surface area contributed by atoms with Gasteiger partial charge in [-0.05, 0) is 30.6 Å². The van der Waals surface area contributed by atoms with E-state index >= 15 is 0 Å². The molecule has 146 valence electrons. The van der Waals surface area contributed by atoms with Crippen molar-refractivity contribution in [1.82, 2.24) is 19.7 Å². The van der Waals surface area contributed by atoms with Crippen LogP contribution in [0.2, 0.25) is 0 Å². The van der Waals surface area contributed by atoms with Crippen LogP contribution < -0.4 is 4.90 Å². The van der Waals surface area contributed by atoms with Gasteiger partial charge in [0.25, 0.3) is 0 Å². The second-order valence-corrected chi connectivity index (χ2v) is 8.23. The molecule has 2 aromatic heterocycles. The Labute approximate surface area is 165 Å². The molecule has 28 heavy (non-hydrogen) atoms. The molecule has 0 N–H and O–H groups in total. The normalized spacial score (nSPS) is 19.8. The molecule has 0 atom stereocenters. The molecule has 6 heteroatoms. The number of carbonyl (C=O) groups is 1. The van der Waals surface area contributed by atoms with Crippen LogP contribution in [0.1, 0.15) is 42.5 Å². The standard InChI is InChI=1S/C22H27N5O/c1-25-15-18(14-24-25)17-12-19-20(13-17)23-7-6-21(19)26-8-10-27(11-9-26)22(28)16-4-2-3-5-16/h6-7,12,14-16H,2-5,8-11,13H2,1H3. The monoisotopic (exact) mass is 377 g/mol. The Morgan fingerprint density at radius 2 is 1.93 bits per heavy atom. The summed E-state index contributed by atoms with van der Waals surface area (Å²) in [4.78, 5) is 21.8. The zero-order chi connectivity index (χ0) is 19.1. The van der Waals surface area contributed by atoms with Crippen molar-refractivity contribution < 1.29 is 4.79 Å². The summed E-state index contributed by atoms with van der Waals surface area (Å²) in [5.41, 5.74) is 6.06. The third-order valence-electron chi connectivity index (χ3n) is 6.44. The Morgan fingerprint density at radius 1 is 1.14 bits per heavy atom. The van der Waals surface area contributed by atoms with Gasteiger partial charge in [0.1, 0.15) is 0 Å². The number of aromatic nitrogens is 3. The Balaban J connectivity index is 1.32. The summed E-state index contributed by atoms with van der Waals surface area (Å²) in [6, 6.07) is 2.12. The number of fused-ring (bicyclic) bond motifs is 1. The van der Waals surface area contributed by atoms with Crippen molar-refractivity contribution in [3.63, 3.8) is 0 Å². The van der Waals surface area contributed by atoms with Crippen molar-refractivity contribution in [1.29, 1.82) is 0 Å². The predicted octanol–water partition coefficient (Wildman–Crippen LogP) is 2.75. The van der Waals surface area contributed by atoms with Crippen molar-refractivity contribution >= 4 is 23.2 Å². The van der Waals surface area contributed by atoms with Crippen LogP contribution in [0.25, 0.3) is 11.6 Å². The van der Waals surface area contributed by atoms with Gasteiger partial charge >= 0.3 is 0 Å². The lowest BCUT2D eigenvalue weighted by Crippen LogP contribution is -2.50. The van der Waals surface area contributed by atoms with Crippen LogP contribution in [0.3, 0.4) is 0 Å². The summed E-state index contributed by atoms with van der Waals surface area (Å²) in [7, 11) is 1.95. The van der Waals surface area contributed by atoms with E-state index in [1.165, 1.54) is 35.2 Å². The second-order valence-electron chi connectivity index (χ2n) is 8.23. The molecule has 3 heterocycles. The first-order valence-electron chi connectivity index (χ1n) is 10.4. The lowest BCUT2D eigenvalue weighted by molar-refractivity contribution is -0.135. The van der Waals surface area contributed by atoms with E-state index in [0.29, 0.717) is 5.91 Å².